The molecule has 0 heterocycles. The van der Waals surface area contributed by atoms with Crippen LogP contribution in [-0.4, -0.2) is 34.7 Å². The van der Waals surface area contributed by atoms with Crippen molar-refractivity contribution in [1.82, 2.24) is 10.6 Å². The third kappa shape index (κ3) is 4.25. The largest absolute Gasteiger partial charge is 0.388 e. The normalized spacial score (nSPS) is 25.9. The molecule has 2 aliphatic rings. The maximum Gasteiger partial charge on any atom is 0.315 e. The van der Waals surface area contributed by atoms with Crippen molar-refractivity contribution < 1.29 is 9.90 Å². The molecule has 24 heavy (non-hydrogen) atoms. The van der Waals surface area contributed by atoms with Crippen LogP contribution in [0.5, 0.6) is 0 Å². The molecule has 2 saturated carbocycles. The molecule has 5 heteroatoms. The maximum atomic E-state index is 12.2. The van der Waals surface area contributed by atoms with Crippen LogP contribution in [0, 0.1) is 5.41 Å². The van der Waals surface area contributed by atoms with Crippen molar-refractivity contribution in [3.63, 3.8) is 0 Å². The van der Waals surface area contributed by atoms with E-state index < -0.39 is 6.10 Å². The van der Waals surface area contributed by atoms with E-state index in [1.165, 1.54) is 6.42 Å². The molecule has 3 atom stereocenters. The average Bonchev–Trinajstić information content (AvgIpc) is 3.28. The fraction of sp³-hybridized carbons (Fsp3) is 0.632. The zero-order chi connectivity index (χ0) is 17.0. The zero-order valence-corrected chi connectivity index (χ0v) is 15.1. The van der Waals surface area contributed by atoms with E-state index in [2.05, 4.69) is 17.6 Å². The third-order valence-corrected chi connectivity index (χ3v) is 6.54. The first kappa shape index (κ1) is 17.6. The Morgan fingerprint density at radius 3 is 2.75 bits per heavy atom. The van der Waals surface area contributed by atoms with Crippen molar-refractivity contribution >= 4 is 17.8 Å². The van der Waals surface area contributed by atoms with Crippen LogP contribution >= 0.6 is 11.8 Å². The minimum absolute atomic E-state index is 0.0892. The van der Waals surface area contributed by atoms with Crippen LogP contribution in [0.3, 0.4) is 0 Å². The van der Waals surface area contributed by atoms with Crippen molar-refractivity contribution in [2.75, 3.05) is 12.3 Å². The van der Waals surface area contributed by atoms with Gasteiger partial charge in [-0.1, -0.05) is 37.3 Å². The van der Waals surface area contributed by atoms with Crippen molar-refractivity contribution in [3.8, 4) is 0 Å². The molecule has 2 aliphatic carbocycles. The van der Waals surface area contributed by atoms with E-state index in [-0.39, 0.29) is 11.4 Å². The number of aliphatic hydroxyl groups is 1. The molecule has 1 aromatic carbocycles. The molecule has 3 unspecified atom stereocenters. The molecule has 0 bridgehead atoms. The first-order chi connectivity index (χ1) is 11.6. The summed E-state index contributed by atoms with van der Waals surface area (Å²) in [6.45, 7) is 2.72. The molecular formula is C19H28N2O2S. The first-order valence-corrected chi connectivity index (χ1v) is 10.1. The van der Waals surface area contributed by atoms with Crippen LogP contribution < -0.4 is 10.6 Å². The number of urea groups is 1. The first-order valence-electron chi connectivity index (χ1n) is 9.02. The fourth-order valence-electron chi connectivity index (χ4n) is 3.65. The molecular weight excluding hydrogens is 320 g/mol. The van der Waals surface area contributed by atoms with Gasteiger partial charge in [0.1, 0.15) is 0 Å². The van der Waals surface area contributed by atoms with E-state index in [4.69, 9.17) is 0 Å². The smallest absolute Gasteiger partial charge is 0.315 e. The summed E-state index contributed by atoms with van der Waals surface area (Å²) in [7, 11) is 0. The second-order valence-corrected chi connectivity index (χ2v) is 8.67. The van der Waals surface area contributed by atoms with Crippen LogP contribution in [0.1, 0.15) is 50.7 Å². The molecule has 0 radical (unpaired) electrons. The van der Waals surface area contributed by atoms with Gasteiger partial charge in [-0.15, -0.1) is 0 Å². The molecule has 3 rings (SSSR count). The van der Waals surface area contributed by atoms with Gasteiger partial charge in [0.05, 0.1) is 6.10 Å². The molecule has 132 valence electrons. The van der Waals surface area contributed by atoms with Crippen LogP contribution in [0.15, 0.2) is 30.3 Å². The van der Waals surface area contributed by atoms with Crippen LogP contribution in [0.4, 0.5) is 4.79 Å². The Hall–Kier alpha value is -1.20. The van der Waals surface area contributed by atoms with Gasteiger partial charge in [0.15, 0.2) is 0 Å². The highest BCUT2D eigenvalue weighted by Gasteiger charge is 2.49. The summed E-state index contributed by atoms with van der Waals surface area (Å²) in [5.74, 6) is 1.14. The summed E-state index contributed by atoms with van der Waals surface area (Å²) in [5.41, 5.74) is 0.752. The van der Waals surface area contributed by atoms with Gasteiger partial charge in [0.2, 0.25) is 0 Å². The van der Waals surface area contributed by atoms with Crippen LogP contribution in [-0.2, 0) is 0 Å². The highest BCUT2D eigenvalue weighted by molar-refractivity contribution is 7.99. The average molecular weight is 349 g/mol. The summed E-state index contributed by atoms with van der Waals surface area (Å²) in [4.78, 5) is 12.2. The number of carbonyl (C=O) groups excluding carboxylic acids is 1. The SMILES string of the molecule is CCSC1CCC(NC(=O)NCC2(C(O)c3ccccc3)CC2)C1. The minimum Gasteiger partial charge on any atom is -0.388 e. The zero-order valence-electron chi connectivity index (χ0n) is 14.3. The third-order valence-electron chi connectivity index (χ3n) is 5.31. The Kier molecular flexibility index (Phi) is 5.72. The van der Waals surface area contributed by atoms with E-state index in [9.17, 15) is 9.90 Å². The number of aliphatic hydroxyl groups excluding tert-OH is 1. The van der Waals surface area contributed by atoms with E-state index in [0.717, 1.165) is 37.0 Å². The summed E-state index contributed by atoms with van der Waals surface area (Å²) < 4.78 is 0. The molecule has 3 N–H and O–H groups in total. The molecule has 0 aromatic heterocycles. The fourth-order valence-corrected chi connectivity index (χ4v) is 4.79. The summed E-state index contributed by atoms with van der Waals surface area (Å²) >= 11 is 1.99. The van der Waals surface area contributed by atoms with Gasteiger partial charge in [-0.05, 0) is 43.4 Å². The Morgan fingerprint density at radius 1 is 1.33 bits per heavy atom. The van der Waals surface area contributed by atoms with Gasteiger partial charge in [-0.25, -0.2) is 4.79 Å². The molecule has 2 fully saturated rings. The number of benzene rings is 1. The second kappa shape index (κ2) is 7.79. The topological polar surface area (TPSA) is 61.4 Å². The van der Waals surface area contributed by atoms with Crippen molar-refractivity contribution in [2.24, 2.45) is 5.41 Å². The predicted octanol–water partition coefficient (Wildman–Crippen LogP) is 3.47. The number of nitrogens with one attached hydrogen (secondary N) is 2. The number of rotatable bonds is 7. The Bertz CT molecular complexity index is 548. The number of hydrogen-bond acceptors (Lipinski definition) is 3. The Morgan fingerprint density at radius 2 is 2.08 bits per heavy atom. The Balaban J connectivity index is 1.45. The van der Waals surface area contributed by atoms with E-state index in [1.807, 2.05) is 42.1 Å². The lowest BCUT2D eigenvalue weighted by atomic mass is 9.93. The number of hydrogen-bond donors (Lipinski definition) is 3. The standard InChI is InChI=1S/C19H28N2O2S/c1-2-24-16-9-8-15(12-16)21-18(23)20-13-19(10-11-19)17(22)14-6-4-3-5-7-14/h3-7,15-17,22H,2,8-13H2,1H3,(H2,20,21,23). The lowest BCUT2D eigenvalue weighted by Gasteiger charge is -2.23. The minimum atomic E-state index is -0.504. The van der Waals surface area contributed by atoms with Gasteiger partial charge in [0, 0.05) is 23.3 Å². The number of amides is 2. The molecule has 0 saturated heterocycles. The monoisotopic (exact) mass is 348 g/mol. The predicted molar refractivity (Wildman–Crippen MR) is 99.2 cm³/mol. The molecule has 0 aliphatic heterocycles. The van der Waals surface area contributed by atoms with Gasteiger partial charge in [-0.3, -0.25) is 0 Å². The second-order valence-electron chi connectivity index (χ2n) is 7.09. The van der Waals surface area contributed by atoms with E-state index in [1.54, 1.807) is 0 Å². The Labute approximate surface area is 148 Å². The number of thioether (sulfide) groups is 1. The van der Waals surface area contributed by atoms with Crippen molar-refractivity contribution in [3.05, 3.63) is 35.9 Å². The van der Waals surface area contributed by atoms with Gasteiger partial charge in [-0.2, -0.15) is 11.8 Å². The summed E-state index contributed by atoms with van der Waals surface area (Å²) in [6.07, 6.45) is 4.76. The molecule has 1 aromatic rings. The summed E-state index contributed by atoms with van der Waals surface area (Å²) in [5, 5.41) is 17.4. The van der Waals surface area contributed by atoms with Gasteiger partial charge < -0.3 is 15.7 Å². The van der Waals surface area contributed by atoms with Crippen LogP contribution in [0.2, 0.25) is 0 Å². The molecule has 4 nitrogen and oxygen atoms in total. The van der Waals surface area contributed by atoms with Gasteiger partial charge >= 0.3 is 6.03 Å². The van der Waals surface area contributed by atoms with E-state index >= 15 is 0 Å². The van der Waals surface area contributed by atoms with E-state index in [0.29, 0.717) is 17.8 Å². The highest BCUT2D eigenvalue weighted by atomic mass is 32.2. The lowest BCUT2D eigenvalue weighted by molar-refractivity contribution is 0.0931. The molecule has 0 spiro atoms. The van der Waals surface area contributed by atoms with Gasteiger partial charge in [0.25, 0.3) is 0 Å². The summed E-state index contributed by atoms with van der Waals surface area (Å²) in [6, 6.07) is 9.95. The maximum absolute atomic E-state index is 12.2. The van der Waals surface area contributed by atoms with Crippen molar-refractivity contribution in [1.29, 1.82) is 0 Å². The lowest BCUT2D eigenvalue weighted by Crippen LogP contribution is -2.44. The quantitative estimate of drug-likeness (QED) is 0.707. The number of carbonyl (C=O) groups is 1. The van der Waals surface area contributed by atoms with Crippen molar-refractivity contribution in [2.45, 2.75) is 56.4 Å². The highest BCUT2D eigenvalue weighted by Crippen LogP contribution is 2.54. The molecule has 2 amide bonds. The van der Waals surface area contributed by atoms with Crippen LogP contribution in [0.25, 0.3) is 0 Å².